The van der Waals surface area contributed by atoms with Crippen molar-refractivity contribution in [1.29, 1.82) is 0 Å². The number of carbonyl (C=O) groups excluding carboxylic acids is 1. The summed E-state index contributed by atoms with van der Waals surface area (Å²) in [5.74, 6) is 0.717. The van der Waals surface area contributed by atoms with Crippen LogP contribution in [0.25, 0.3) is 0 Å². The van der Waals surface area contributed by atoms with E-state index in [4.69, 9.17) is 4.74 Å². The number of carbonyl (C=O) groups is 1. The highest BCUT2D eigenvalue weighted by molar-refractivity contribution is 6.10. The summed E-state index contributed by atoms with van der Waals surface area (Å²) in [6, 6.07) is 15.1. The molecule has 0 saturated heterocycles. The summed E-state index contributed by atoms with van der Waals surface area (Å²) in [5, 5.41) is 0. The van der Waals surface area contributed by atoms with Crippen molar-refractivity contribution >= 4 is 5.78 Å². The third-order valence-electron chi connectivity index (χ3n) is 4.66. The van der Waals surface area contributed by atoms with E-state index in [-0.39, 0.29) is 11.2 Å². The fourth-order valence-corrected chi connectivity index (χ4v) is 3.03. The fourth-order valence-electron chi connectivity index (χ4n) is 3.03. The molecule has 0 spiro atoms. The van der Waals surface area contributed by atoms with E-state index in [0.29, 0.717) is 16.9 Å². The smallest absolute Gasteiger partial charge is 0.193 e. The Kier molecular flexibility index (Phi) is 3.91. The Morgan fingerprint density at radius 1 is 1.09 bits per heavy atom. The van der Waals surface area contributed by atoms with E-state index >= 15 is 0 Å². The molecule has 0 N–H and O–H groups in total. The first kappa shape index (κ1) is 15.3. The Hall–Kier alpha value is -2.61. The molecule has 0 fully saturated rings. The zero-order valence-electron chi connectivity index (χ0n) is 13.7. The third-order valence-corrected chi connectivity index (χ3v) is 4.66. The molecule has 1 aliphatic rings. The predicted molar refractivity (Wildman–Crippen MR) is 93.1 cm³/mol. The molecule has 0 aromatic heterocycles. The zero-order chi connectivity index (χ0) is 16.4. The van der Waals surface area contributed by atoms with E-state index in [9.17, 15) is 4.79 Å². The average Bonchev–Trinajstić information content (AvgIpc) is 2.94. The lowest BCUT2D eigenvalue weighted by Gasteiger charge is -2.28. The maximum Gasteiger partial charge on any atom is 0.193 e. The fraction of sp³-hybridized carbons (Fsp3) is 0.190. The summed E-state index contributed by atoms with van der Waals surface area (Å²) in [6.45, 7) is 4.24. The van der Waals surface area contributed by atoms with Crippen LogP contribution in [0.15, 0.2) is 72.3 Å². The third kappa shape index (κ3) is 2.61. The summed E-state index contributed by atoms with van der Waals surface area (Å²) in [7, 11) is 1.62. The van der Waals surface area contributed by atoms with E-state index < -0.39 is 0 Å². The molecule has 0 heterocycles. The molecule has 1 aliphatic carbocycles. The van der Waals surface area contributed by atoms with Crippen molar-refractivity contribution in [2.75, 3.05) is 7.11 Å². The molecule has 2 aromatic carbocycles. The number of hydrogen-bond acceptors (Lipinski definition) is 2. The van der Waals surface area contributed by atoms with Gasteiger partial charge in [0.05, 0.1) is 7.11 Å². The van der Waals surface area contributed by atoms with E-state index in [1.54, 1.807) is 7.11 Å². The van der Waals surface area contributed by atoms with Gasteiger partial charge in [0, 0.05) is 16.5 Å². The second-order valence-electron chi connectivity index (χ2n) is 6.02. The predicted octanol–water partition coefficient (Wildman–Crippen LogP) is 4.70. The largest absolute Gasteiger partial charge is 0.497 e. The van der Waals surface area contributed by atoms with Gasteiger partial charge in [0.1, 0.15) is 5.75 Å². The van der Waals surface area contributed by atoms with Crippen molar-refractivity contribution in [3.8, 4) is 5.75 Å². The van der Waals surface area contributed by atoms with Crippen LogP contribution in [0.1, 0.15) is 35.3 Å². The lowest BCUT2D eigenvalue weighted by Crippen LogP contribution is -2.22. The molecule has 1 unspecified atom stereocenters. The number of allylic oxidation sites excluding steroid dienone is 4. The number of ketones is 1. The van der Waals surface area contributed by atoms with Crippen LogP contribution in [-0.2, 0) is 5.41 Å². The van der Waals surface area contributed by atoms with Crippen LogP contribution in [0.5, 0.6) is 5.75 Å². The maximum absolute atomic E-state index is 13.0. The molecule has 0 saturated carbocycles. The molecule has 2 aromatic rings. The summed E-state index contributed by atoms with van der Waals surface area (Å²) < 4.78 is 5.33. The minimum atomic E-state index is -0.258. The maximum atomic E-state index is 13.0. The van der Waals surface area contributed by atoms with Gasteiger partial charge in [-0.2, -0.15) is 0 Å². The second kappa shape index (κ2) is 5.88. The van der Waals surface area contributed by atoms with Gasteiger partial charge in [0.2, 0.25) is 0 Å². The lowest BCUT2D eigenvalue weighted by molar-refractivity contribution is 0.103. The minimum Gasteiger partial charge on any atom is -0.497 e. The molecule has 23 heavy (non-hydrogen) atoms. The van der Waals surface area contributed by atoms with Gasteiger partial charge in [-0.1, -0.05) is 60.2 Å². The zero-order valence-corrected chi connectivity index (χ0v) is 13.7. The van der Waals surface area contributed by atoms with Gasteiger partial charge in [-0.15, -0.1) is 0 Å². The van der Waals surface area contributed by atoms with Crippen LogP contribution < -0.4 is 4.74 Å². The quantitative estimate of drug-likeness (QED) is 0.765. The molecule has 0 amide bonds. The molecular weight excluding hydrogens is 284 g/mol. The van der Waals surface area contributed by atoms with Crippen molar-refractivity contribution in [1.82, 2.24) is 0 Å². The summed E-state index contributed by atoms with van der Waals surface area (Å²) in [5.41, 5.74) is 3.36. The van der Waals surface area contributed by atoms with Gasteiger partial charge < -0.3 is 4.74 Å². The Morgan fingerprint density at radius 3 is 2.43 bits per heavy atom. The van der Waals surface area contributed by atoms with E-state index in [0.717, 1.165) is 5.56 Å². The molecular formula is C21H20O2. The van der Waals surface area contributed by atoms with Crippen LogP contribution in [-0.4, -0.2) is 12.9 Å². The van der Waals surface area contributed by atoms with Crippen molar-refractivity contribution in [3.63, 3.8) is 0 Å². The minimum absolute atomic E-state index is 0.0221. The Morgan fingerprint density at radius 2 is 1.83 bits per heavy atom. The highest BCUT2D eigenvalue weighted by atomic mass is 16.5. The second-order valence-corrected chi connectivity index (χ2v) is 6.02. The van der Waals surface area contributed by atoms with Gasteiger partial charge in [-0.25, -0.2) is 0 Å². The first-order valence-corrected chi connectivity index (χ1v) is 7.71. The molecule has 3 rings (SSSR count). The average molecular weight is 304 g/mol. The van der Waals surface area contributed by atoms with Crippen molar-refractivity contribution in [2.24, 2.45) is 0 Å². The Labute approximate surface area is 137 Å². The number of ether oxygens (including phenoxy) is 1. The number of hydrogen-bond donors (Lipinski definition) is 0. The lowest BCUT2D eigenvalue weighted by atomic mass is 9.75. The van der Waals surface area contributed by atoms with Crippen molar-refractivity contribution in [2.45, 2.75) is 19.3 Å². The number of benzene rings is 2. The topological polar surface area (TPSA) is 26.3 Å². The van der Waals surface area contributed by atoms with Gasteiger partial charge in [0.25, 0.3) is 0 Å². The normalized spacial score (nSPS) is 19.5. The van der Waals surface area contributed by atoms with Gasteiger partial charge >= 0.3 is 0 Å². The summed E-state index contributed by atoms with van der Waals surface area (Å²) in [4.78, 5) is 13.0. The van der Waals surface area contributed by atoms with Gasteiger partial charge in [-0.05, 0) is 31.5 Å². The van der Waals surface area contributed by atoms with Crippen LogP contribution in [0.4, 0.5) is 0 Å². The number of rotatable bonds is 4. The first-order valence-electron chi connectivity index (χ1n) is 7.71. The Bertz CT molecular complexity index is 800. The monoisotopic (exact) mass is 304 g/mol. The molecule has 2 heteroatoms. The van der Waals surface area contributed by atoms with Crippen molar-refractivity contribution in [3.05, 3.63) is 89.0 Å². The summed E-state index contributed by atoms with van der Waals surface area (Å²) >= 11 is 0. The standard InChI is InChI=1S/C21H20O2/c1-15-8-7-13-21(15,2)19-12-11-17(23-3)14-18(19)20(22)16-9-5-4-6-10-16/h4-14H,1-3H3. The van der Waals surface area contributed by atoms with E-state index in [2.05, 4.69) is 32.1 Å². The van der Waals surface area contributed by atoms with Gasteiger partial charge in [0.15, 0.2) is 5.78 Å². The van der Waals surface area contributed by atoms with Crippen molar-refractivity contribution < 1.29 is 9.53 Å². The molecule has 1 atom stereocenters. The van der Waals surface area contributed by atoms with Crippen LogP contribution in [0.2, 0.25) is 0 Å². The molecule has 0 aliphatic heterocycles. The van der Waals surface area contributed by atoms with Crippen LogP contribution in [0, 0.1) is 0 Å². The van der Waals surface area contributed by atoms with Crippen LogP contribution in [0.3, 0.4) is 0 Å². The summed E-state index contributed by atoms with van der Waals surface area (Å²) in [6.07, 6.45) is 6.29. The molecule has 116 valence electrons. The molecule has 0 radical (unpaired) electrons. The van der Waals surface area contributed by atoms with E-state index in [1.165, 1.54) is 5.57 Å². The number of methoxy groups -OCH3 is 1. The highest BCUT2D eigenvalue weighted by Crippen LogP contribution is 2.40. The molecule has 0 bridgehead atoms. The molecule has 2 nitrogen and oxygen atoms in total. The Balaban J connectivity index is 2.17. The van der Waals surface area contributed by atoms with Gasteiger partial charge in [-0.3, -0.25) is 4.79 Å². The first-order chi connectivity index (χ1) is 11.1. The SMILES string of the molecule is COc1ccc(C2(C)C=CC=C2C)c(C(=O)c2ccccc2)c1. The highest BCUT2D eigenvalue weighted by Gasteiger charge is 2.32. The van der Waals surface area contributed by atoms with Crippen LogP contribution >= 0.6 is 0 Å². The van der Waals surface area contributed by atoms with E-state index in [1.807, 2.05) is 48.5 Å².